The number of ether oxygens (including phenoxy) is 2. The molecule has 2 heterocycles. The molecule has 1 aromatic carbocycles. The lowest BCUT2D eigenvalue weighted by Crippen LogP contribution is -2.59. The molecule has 0 unspecified atom stereocenters. The lowest BCUT2D eigenvalue weighted by atomic mass is 9.91. The standard InChI is InChI=1S/C22H25BrN4O8/c1-9(2)21(31)25-18-13(6-17(22(32)33)35-20(18)19(30)15(29)8-28)27-14(7-24)10-4-11(23)16(34-3)5-12(10)26-27/h4-6,9,13,15,18-20,28-30H,8H2,1-3H3,(H,25,31)(H,32,33)/t13-,15+,18+,19+,20+/m0/s1. The molecular weight excluding hydrogens is 528 g/mol. The number of hydrogen-bond donors (Lipinski definition) is 5. The fourth-order valence-corrected chi connectivity index (χ4v) is 4.26. The molecule has 0 saturated carbocycles. The van der Waals surface area contributed by atoms with Gasteiger partial charge in [0, 0.05) is 17.4 Å². The number of nitrogens with one attached hydrogen (secondary N) is 1. The Hall–Kier alpha value is -3.18. The Morgan fingerprint density at radius 3 is 2.60 bits per heavy atom. The fourth-order valence-electron chi connectivity index (χ4n) is 3.75. The van der Waals surface area contributed by atoms with E-state index >= 15 is 0 Å². The second kappa shape index (κ2) is 10.6. The minimum atomic E-state index is -1.78. The number of carboxylic acid groups (broad SMARTS) is 1. The van der Waals surface area contributed by atoms with Gasteiger partial charge < -0.3 is 35.2 Å². The van der Waals surface area contributed by atoms with Crippen LogP contribution in [0.5, 0.6) is 5.75 Å². The maximum Gasteiger partial charge on any atom is 0.370 e. The highest BCUT2D eigenvalue weighted by molar-refractivity contribution is 9.10. The summed E-state index contributed by atoms with van der Waals surface area (Å²) in [5.74, 6) is -2.55. The van der Waals surface area contributed by atoms with Gasteiger partial charge in [0.2, 0.25) is 11.7 Å². The summed E-state index contributed by atoms with van der Waals surface area (Å²) in [5, 5.41) is 57.3. The summed E-state index contributed by atoms with van der Waals surface area (Å²) in [6, 6.07) is 2.98. The van der Waals surface area contributed by atoms with Gasteiger partial charge in [-0.15, -0.1) is 0 Å². The molecule has 1 aliphatic heterocycles. The van der Waals surface area contributed by atoms with Crippen LogP contribution in [0.4, 0.5) is 0 Å². The SMILES string of the molecule is COc1cc2nn([C@H]3C=C(C(=O)O)O[C@@H]([C@H](O)[C@H](O)CO)[C@@H]3NC(=O)C(C)C)c(C#N)c2cc1Br. The molecular formula is C22H25BrN4O8. The molecule has 35 heavy (non-hydrogen) atoms. The third-order valence-electron chi connectivity index (χ3n) is 5.63. The van der Waals surface area contributed by atoms with Crippen molar-refractivity contribution in [1.29, 1.82) is 5.26 Å². The number of rotatable bonds is 8. The van der Waals surface area contributed by atoms with E-state index in [1.165, 1.54) is 17.9 Å². The molecule has 0 bridgehead atoms. The second-order valence-corrected chi connectivity index (χ2v) is 9.10. The highest BCUT2D eigenvalue weighted by Gasteiger charge is 2.45. The average Bonchev–Trinajstić information content (AvgIpc) is 3.18. The monoisotopic (exact) mass is 552 g/mol. The summed E-state index contributed by atoms with van der Waals surface area (Å²) in [5.41, 5.74) is 0.413. The van der Waals surface area contributed by atoms with Crippen molar-refractivity contribution < 1.29 is 39.5 Å². The van der Waals surface area contributed by atoms with Crippen molar-refractivity contribution in [2.24, 2.45) is 5.92 Å². The molecule has 0 spiro atoms. The third kappa shape index (κ3) is 5.10. The van der Waals surface area contributed by atoms with E-state index in [1.807, 2.05) is 0 Å². The lowest BCUT2D eigenvalue weighted by Gasteiger charge is -2.40. The molecule has 1 aliphatic rings. The quantitative estimate of drug-likeness (QED) is 0.307. The molecule has 5 N–H and O–H groups in total. The fraction of sp³-hybridized carbons (Fsp3) is 0.455. The molecule has 0 fully saturated rings. The van der Waals surface area contributed by atoms with E-state index in [4.69, 9.17) is 9.47 Å². The van der Waals surface area contributed by atoms with E-state index in [0.717, 1.165) is 0 Å². The van der Waals surface area contributed by atoms with E-state index in [2.05, 4.69) is 32.4 Å². The predicted molar refractivity (Wildman–Crippen MR) is 124 cm³/mol. The summed E-state index contributed by atoms with van der Waals surface area (Å²) in [4.78, 5) is 24.5. The largest absolute Gasteiger partial charge is 0.495 e. The Morgan fingerprint density at radius 2 is 2.06 bits per heavy atom. The minimum absolute atomic E-state index is 0.0518. The number of amides is 1. The number of aliphatic carboxylic acids is 1. The Labute approximate surface area is 208 Å². The van der Waals surface area contributed by atoms with Crippen LogP contribution in [0.2, 0.25) is 0 Å². The van der Waals surface area contributed by atoms with Crippen LogP contribution in [0.25, 0.3) is 10.9 Å². The van der Waals surface area contributed by atoms with Crippen LogP contribution >= 0.6 is 15.9 Å². The van der Waals surface area contributed by atoms with Crippen molar-refractivity contribution in [3.63, 3.8) is 0 Å². The van der Waals surface area contributed by atoms with Gasteiger partial charge in [0.1, 0.15) is 35.8 Å². The molecule has 0 radical (unpaired) electrons. The van der Waals surface area contributed by atoms with Crippen molar-refractivity contribution in [3.05, 3.63) is 34.1 Å². The molecule has 13 heteroatoms. The van der Waals surface area contributed by atoms with Crippen LogP contribution in [0, 0.1) is 17.2 Å². The van der Waals surface area contributed by atoms with Crippen molar-refractivity contribution >= 4 is 38.7 Å². The van der Waals surface area contributed by atoms with Gasteiger partial charge >= 0.3 is 5.97 Å². The molecule has 2 aromatic rings. The number of carbonyl (C=O) groups is 2. The zero-order chi connectivity index (χ0) is 26.0. The van der Waals surface area contributed by atoms with Crippen LogP contribution in [0.3, 0.4) is 0 Å². The van der Waals surface area contributed by atoms with E-state index in [1.54, 1.807) is 26.0 Å². The van der Waals surface area contributed by atoms with Crippen molar-refractivity contribution in [1.82, 2.24) is 15.1 Å². The summed E-state index contributed by atoms with van der Waals surface area (Å²) in [6.07, 6.45) is -3.81. The number of benzene rings is 1. The first kappa shape index (κ1) is 26.4. The Kier molecular flexibility index (Phi) is 8.01. The van der Waals surface area contributed by atoms with Gasteiger partial charge in [-0.3, -0.25) is 4.79 Å². The molecule has 12 nitrogen and oxygen atoms in total. The van der Waals surface area contributed by atoms with E-state index in [-0.39, 0.29) is 5.69 Å². The first-order chi connectivity index (χ1) is 16.5. The number of nitriles is 1. The van der Waals surface area contributed by atoms with Crippen LogP contribution < -0.4 is 10.1 Å². The number of carbonyl (C=O) groups excluding carboxylic acids is 1. The zero-order valence-electron chi connectivity index (χ0n) is 19.0. The highest BCUT2D eigenvalue weighted by Crippen LogP contribution is 2.36. The van der Waals surface area contributed by atoms with Crippen molar-refractivity contribution in [3.8, 4) is 11.8 Å². The predicted octanol–water partition coefficient (Wildman–Crippen LogP) is 0.442. The number of fused-ring (bicyclic) bond motifs is 1. The van der Waals surface area contributed by atoms with E-state index in [0.29, 0.717) is 21.1 Å². The van der Waals surface area contributed by atoms with Gasteiger partial charge in [0.15, 0.2) is 0 Å². The van der Waals surface area contributed by atoms with E-state index in [9.17, 15) is 35.3 Å². The summed E-state index contributed by atoms with van der Waals surface area (Å²) in [7, 11) is 1.46. The van der Waals surface area contributed by atoms with Gasteiger partial charge in [-0.25, -0.2) is 9.48 Å². The first-order valence-corrected chi connectivity index (χ1v) is 11.4. The molecule has 0 aliphatic carbocycles. The van der Waals surface area contributed by atoms with Crippen LogP contribution in [0.1, 0.15) is 25.6 Å². The van der Waals surface area contributed by atoms with Gasteiger partial charge in [-0.1, -0.05) is 13.8 Å². The van der Waals surface area contributed by atoms with Gasteiger partial charge in [-0.05, 0) is 28.1 Å². The highest BCUT2D eigenvalue weighted by atomic mass is 79.9. The number of halogens is 1. The zero-order valence-corrected chi connectivity index (χ0v) is 20.6. The van der Waals surface area contributed by atoms with Crippen LogP contribution in [-0.2, 0) is 14.3 Å². The minimum Gasteiger partial charge on any atom is -0.495 e. The second-order valence-electron chi connectivity index (χ2n) is 8.25. The normalized spacial score (nSPS) is 21.6. The number of methoxy groups -OCH3 is 1. The van der Waals surface area contributed by atoms with Gasteiger partial charge in [0.05, 0.1) is 35.8 Å². The third-order valence-corrected chi connectivity index (χ3v) is 6.25. The van der Waals surface area contributed by atoms with Crippen LogP contribution in [0.15, 0.2) is 28.4 Å². The molecule has 3 rings (SSSR count). The number of aromatic nitrogens is 2. The molecule has 1 aromatic heterocycles. The number of hydrogen-bond acceptors (Lipinski definition) is 9. The summed E-state index contributed by atoms with van der Waals surface area (Å²) >= 11 is 3.37. The molecule has 188 valence electrons. The Morgan fingerprint density at radius 1 is 1.37 bits per heavy atom. The first-order valence-electron chi connectivity index (χ1n) is 10.6. The number of aliphatic hydroxyl groups excluding tert-OH is 3. The number of aliphatic hydroxyl groups is 3. The topological polar surface area (TPSA) is 187 Å². The summed E-state index contributed by atoms with van der Waals surface area (Å²) in [6.45, 7) is 2.42. The number of nitrogens with zero attached hydrogens (tertiary/aromatic N) is 3. The summed E-state index contributed by atoms with van der Waals surface area (Å²) < 4.78 is 12.5. The van der Waals surface area contributed by atoms with E-state index < -0.39 is 60.6 Å². The maximum atomic E-state index is 12.7. The van der Waals surface area contributed by atoms with Gasteiger partial charge in [-0.2, -0.15) is 10.4 Å². The average molecular weight is 553 g/mol. The molecule has 1 amide bonds. The van der Waals surface area contributed by atoms with Crippen LogP contribution in [-0.4, -0.2) is 80.2 Å². The van der Waals surface area contributed by atoms with Crippen molar-refractivity contribution in [2.75, 3.05) is 13.7 Å². The van der Waals surface area contributed by atoms with Crippen molar-refractivity contribution in [2.45, 2.75) is 44.2 Å². The number of carboxylic acids is 1. The molecule has 5 atom stereocenters. The smallest absolute Gasteiger partial charge is 0.370 e. The Bertz CT molecular complexity index is 1200. The lowest BCUT2D eigenvalue weighted by molar-refractivity contribution is -0.147. The maximum absolute atomic E-state index is 12.7. The van der Waals surface area contributed by atoms with Gasteiger partial charge in [0.25, 0.3) is 0 Å². The molecule has 0 saturated heterocycles. The Balaban J connectivity index is 2.26.